The number of benzene rings is 2. The Morgan fingerprint density at radius 2 is 1.80 bits per heavy atom. The Labute approximate surface area is 245 Å². The van der Waals surface area contributed by atoms with Gasteiger partial charge < -0.3 is 14.2 Å². The molecule has 1 fully saturated rings. The second kappa shape index (κ2) is 13.2. The topological polar surface area (TPSA) is 84.5 Å². The summed E-state index contributed by atoms with van der Waals surface area (Å²) in [7, 11) is 0. The zero-order chi connectivity index (χ0) is 28.8. The van der Waals surface area contributed by atoms with Gasteiger partial charge in [0.1, 0.15) is 0 Å². The van der Waals surface area contributed by atoms with Gasteiger partial charge in [0.25, 0.3) is 0 Å². The molecule has 0 spiro atoms. The van der Waals surface area contributed by atoms with Crippen LogP contribution in [0.25, 0.3) is 17.3 Å². The molecule has 0 aliphatic carbocycles. The van der Waals surface area contributed by atoms with Crippen molar-refractivity contribution in [3.05, 3.63) is 84.1 Å². The molecule has 214 valence electrons. The molecule has 2 atom stereocenters. The van der Waals surface area contributed by atoms with Gasteiger partial charge in [-0.15, -0.1) is 10.2 Å². The van der Waals surface area contributed by atoms with E-state index < -0.39 is 0 Å². The molecule has 41 heavy (non-hydrogen) atoms. The first kappa shape index (κ1) is 28.7. The highest BCUT2D eigenvalue weighted by Gasteiger charge is 2.33. The highest BCUT2D eigenvalue weighted by Crippen LogP contribution is 2.29. The number of thioether (sulfide) groups is 1. The fourth-order valence-electron chi connectivity index (χ4n) is 5.35. The van der Waals surface area contributed by atoms with Crippen LogP contribution in [0.15, 0.2) is 82.6 Å². The molecule has 1 saturated heterocycles. The summed E-state index contributed by atoms with van der Waals surface area (Å²) in [5.41, 5.74) is 3.19. The van der Waals surface area contributed by atoms with Gasteiger partial charge in [0.2, 0.25) is 17.6 Å². The molecule has 0 saturated carbocycles. The smallest absolute Gasteiger partial charge is 0.230 e. The number of hydrogen-bond acceptors (Lipinski definition) is 6. The zero-order valence-electron chi connectivity index (χ0n) is 23.9. The number of aromatic nitrogens is 3. The number of hydrogen-bond donors (Lipinski definition) is 0. The minimum Gasteiger partial charge on any atom is -0.461 e. The van der Waals surface area contributed by atoms with E-state index in [2.05, 4.69) is 36.2 Å². The van der Waals surface area contributed by atoms with Crippen molar-refractivity contribution in [1.82, 2.24) is 24.6 Å². The summed E-state index contributed by atoms with van der Waals surface area (Å²) >= 11 is 1.59. The van der Waals surface area contributed by atoms with Crippen molar-refractivity contribution >= 4 is 23.6 Å². The van der Waals surface area contributed by atoms with Crippen molar-refractivity contribution in [2.45, 2.75) is 57.1 Å². The van der Waals surface area contributed by atoms with Crippen LogP contribution in [-0.4, -0.2) is 67.8 Å². The third kappa shape index (κ3) is 6.56. The zero-order valence-corrected chi connectivity index (χ0v) is 24.7. The first-order valence-electron chi connectivity index (χ1n) is 14.3. The summed E-state index contributed by atoms with van der Waals surface area (Å²) in [6.45, 7) is 7.86. The normalized spacial score (nSPS) is 16.1. The number of aryl methyl sites for hydroxylation is 1. The molecule has 0 N–H and O–H groups in total. The average molecular weight is 572 g/mol. The van der Waals surface area contributed by atoms with E-state index in [-0.39, 0.29) is 23.8 Å². The molecule has 2 aromatic heterocycles. The van der Waals surface area contributed by atoms with Crippen LogP contribution in [0.2, 0.25) is 0 Å². The minimum atomic E-state index is -0.145. The van der Waals surface area contributed by atoms with Crippen LogP contribution in [0.5, 0.6) is 0 Å². The number of nitrogens with zero attached hydrogens (tertiary/aromatic N) is 5. The lowest BCUT2D eigenvalue weighted by Gasteiger charge is -2.41. The van der Waals surface area contributed by atoms with E-state index in [0.29, 0.717) is 37.6 Å². The molecule has 0 radical (unpaired) electrons. The second-order valence-corrected chi connectivity index (χ2v) is 11.6. The van der Waals surface area contributed by atoms with Gasteiger partial charge in [0.15, 0.2) is 10.9 Å². The fourth-order valence-corrected chi connectivity index (χ4v) is 6.24. The van der Waals surface area contributed by atoms with Crippen molar-refractivity contribution in [2.24, 2.45) is 0 Å². The Hall–Kier alpha value is -3.85. The van der Waals surface area contributed by atoms with Crippen molar-refractivity contribution in [2.75, 3.05) is 25.4 Å². The van der Waals surface area contributed by atoms with Crippen LogP contribution >= 0.6 is 11.8 Å². The maximum absolute atomic E-state index is 13.4. The Morgan fingerprint density at radius 3 is 2.49 bits per heavy atom. The Kier molecular flexibility index (Phi) is 9.24. The molecule has 8 nitrogen and oxygen atoms in total. The van der Waals surface area contributed by atoms with Crippen LogP contribution < -0.4 is 0 Å². The van der Waals surface area contributed by atoms with Crippen molar-refractivity contribution < 1.29 is 14.0 Å². The van der Waals surface area contributed by atoms with E-state index in [0.717, 1.165) is 35.0 Å². The highest BCUT2D eigenvalue weighted by molar-refractivity contribution is 7.99. The van der Waals surface area contributed by atoms with E-state index in [1.807, 2.05) is 75.9 Å². The molecule has 9 heteroatoms. The predicted molar refractivity (Wildman–Crippen MR) is 161 cm³/mol. The maximum Gasteiger partial charge on any atom is 0.230 e. The first-order chi connectivity index (χ1) is 20.0. The van der Waals surface area contributed by atoms with E-state index in [9.17, 15) is 9.59 Å². The third-order valence-electron chi connectivity index (χ3n) is 7.60. The number of piperazine rings is 1. The van der Waals surface area contributed by atoms with Crippen LogP contribution in [-0.2, 0) is 9.59 Å². The number of furan rings is 1. The lowest BCUT2D eigenvalue weighted by molar-refractivity contribution is -0.143. The summed E-state index contributed by atoms with van der Waals surface area (Å²) < 4.78 is 7.61. The van der Waals surface area contributed by atoms with Crippen molar-refractivity contribution in [3.63, 3.8) is 0 Å². The number of carbonyl (C=O) groups is 2. The van der Waals surface area contributed by atoms with Crippen LogP contribution in [0.4, 0.5) is 0 Å². The fraction of sp³-hybridized carbons (Fsp3) is 0.375. The molecule has 1 aliphatic rings. The van der Waals surface area contributed by atoms with Gasteiger partial charge in [-0.1, -0.05) is 66.7 Å². The van der Waals surface area contributed by atoms with E-state index >= 15 is 0 Å². The lowest BCUT2D eigenvalue weighted by atomic mass is 9.94. The molecule has 3 heterocycles. The van der Waals surface area contributed by atoms with Gasteiger partial charge in [0.05, 0.1) is 12.2 Å². The van der Waals surface area contributed by atoms with Gasteiger partial charge in [-0.2, -0.15) is 0 Å². The molecule has 4 aromatic rings. The Bertz CT molecular complexity index is 1440. The molecular formula is C32H37N5O3S. The third-order valence-corrected chi connectivity index (χ3v) is 8.62. The molecule has 2 unspecified atom stereocenters. The molecule has 5 rings (SSSR count). The monoisotopic (exact) mass is 571 g/mol. The minimum absolute atomic E-state index is 0.0135. The van der Waals surface area contributed by atoms with E-state index in [4.69, 9.17) is 4.42 Å². The molecule has 0 bridgehead atoms. The summed E-state index contributed by atoms with van der Waals surface area (Å²) in [5, 5.41) is 9.60. The maximum atomic E-state index is 13.4. The van der Waals surface area contributed by atoms with Crippen LogP contribution in [0.1, 0.15) is 50.2 Å². The molecular weight excluding hydrogens is 534 g/mol. The predicted octanol–water partition coefficient (Wildman–Crippen LogP) is 5.96. The van der Waals surface area contributed by atoms with Gasteiger partial charge >= 0.3 is 0 Å². The molecule has 2 aromatic carbocycles. The summed E-state index contributed by atoms with van der Waals surface area (Å²) in [6.07, 6.45) is 3.57. The average Bonchev–Trinajstić information content (AvgIpc) is 3.67. The standard InChI is InChI=1S/C32H37N5O3S/c1-4-27(25-10-6-5-7-11-25)31(39)36-19-18-35(22-24(36)3)29(38)13-9-21-41-32-34-33-30(28-12-8-20-40-28)37(32)26-16-14-23(2)15-17-26/h5-8,10-12,14-17,20,24,27H,4,9,13,18-19,21-22H2,1-3H3. The summed E-state index contributed by atoms with van der Waals surface area (Å²) in [5.74, 6) is 2.18. The summed E-state index contributed by atoms with van der Waals surface area (Å²) in [4.78, 5) is 30.3. The van der Waals surface area contributed by atoms with Gasteiger partial charge in [-0.3, -0.25) is 14.2 Å². The second-order valence-electron chi connectivity index (χ2n) is 10.5. The molecule has 1 aliphatic heterocycles. The summed E-state index contributed by atoms with van der Waals surface area (Å²) in [6, 6.07) is 21.9. The number of carbonyl (C=O) groups excluding carboxylic acids is 2. The van der Waals surface area contributed by atoms with Gasteiger partial charge in [-0.25, -0.2) is 0 Å². The molecule has 2 amide bonds. The number of amides is 2. The SMILES string of the molecule is CCC(C(=O)N1CCN(C(=O)CCCSc2nnc(-c3ccco3)n2-c2ccc(C)cc2)CC1C)c1ccccc1. The number of rotatable bonds is 10. The quantitative estimate of drug-likeness (QED) is 0.173. The van der Waals surface area contributed by atoms with Crippen LogP contribution in [0.3, 0.4) is 0 Å². The largest absolute Gasteiger partial charge is 0.461 e. The first-order valence-corrected chi connectivity index (χ1v) is 15.3. The van der Waals surface area contributed by atoms with E-state index in [1.54, 1.807) is 18.0 Å². The van der Waals surface area contributed by atoms with Gasteiger partial charge in [-0.05, 0) is 56.5 Å². The Morgan fingerprint density at radius 1 is 1.02 bits per heavy atom. The lowest BCUT2D eigenvalue weighted by Crippen LogP contribution is -2.56. The van der Waals surface area contributed by atoms with Gasteiger partial charge in [0, 0.05) is 43.5 Å². The van der Waals surface area contributed by atoms with Crippen molar-refractivity contribution in [1.29, 1.82) is 0 Å². The van der Waals surface area contributed by atoms with E-state index in [1.165, 1.54) is 5.56 Å². The highest BCUT2D eigenvalue weighted by atomic mass is 32.2. The van der Waals surface area contributed by atoms with Crippen LogP contribution in [0, 0.1) is 6.92 Å². The van der Waals surface area contributed by atoms with Crippen molar-refractivity contribution in [3.8, 4) is 17.3 Å². The Balaban J connectivity index is 1.15.